The van der Waals surface area contributed by atoms with Crippen molar-refractivity contribution in [2.24, 2.45) is 5.92 Å². The molecular weight excluding hydrogens is 216 g/mol. The molecule has 1 saturated carbocycles. The number of carbonyl (C=O) groups excluding carboxylic acids is 2. The van der Waals surface area contributed by atoms with Gasteiger partial charge < -0.3 is 4.74 Å². The van der Waals surface area contributed by atoms with Crippen molar-refractivity contribution in [2.75, 3.05) is 6.61 Å². The first-order valence-electron chi connectivity index (χ1n) is 6.40. The highest BCUT2D eigenvalue weighted by Gasteiger charge is 2.29. The summed E-state index contributed by atoms with van der Waals surface area (Å²) in [5, 5.41) is 0. The fraction of sp³-hybridized carbons (Fsp3) is 0.714. The highest BCUT2D eigenvalue weighted by atomic mass is 16.5. The summed E-state index contributed by atoms with van der Waals surface area (Å²) < 4.78 is 5.10. The van der Waals surface area contributed by atoms with Gasteiger partial charge in [-0.2, -0.15) is 0 Å². The van der Waals surface area contributed by atoms with Crippen LogP contribution in [0.1, 0.15) is 51.9 Å². The van der Waals surface area contributed by atoms with Gasteiger partial charge in [0.2, 0.25) is 0 Å². The van der Waals surface area contributed by atoms with Crippen LogP contribution in [0.15, 0.2) is 0 Å². The number of rotatable bonds is 4. The molecule has 0 N–H and O–H groups in total. The standard InChI is InChI=1S/C14H20O3/c1-2-3-4-5-8-11-17-14(16)12-9-6-7-10-13(12)15/h12H,2,5-11H2,1H3. The molecule has 1 unspecified atom stereocenters. The summed E-state index contributed by atoms with van der Waals surface area (Å²) in [4.78, 5) is 23.1. The second-order valence-electron chi connectivity index (χ2n) is 4.24. The molecule has 0 heterocycles. The molecule has 0 aromatic rings. The second kappa shape index (κ2) is 7.89. The number of carbonyl (C=O) groups is 2. The van der Waals surface area contributed by atoms with Crippen LogP contribution >= 0.6 is 0 Å². The van der Waals surface area contributed by atoms with Gasteiger partial charge in [0.1, 0.15) is 11.7 Å². The van der Waals surface area contributed by atoms with Gasteiger partial charge in [-0.25, -0.2) is 0 Å². The Kier molecular flexibility index (Phi) is 6.39. The summed E-state index contributed by atoms with van der Waals surface area (Å²) in [6.45, 7) is 2.38. The third-order valence-electron chi connectivity index (χ3n) is 2.83. The lowest BCUT2D eigenvalue weighted by molar-refractivity contribution is -0.153. The van der Waals surface area contributed by atoms with Crippen molar-refractivity contribution in [2.45, 2.75) is 51.9 Å². The molecule has 0 aromatic heterocycles. The third kappa shape index (κ3) is 5.04. The monoisotopic (exact) mass is 236 g/mol. The minimum Gasteiger partial charge on any atom is -0.465 e. The Bertz CT molecular complexity index is 322. The van der Waals surface area contributed by atoms with Crippen molar-refractivity contribution in [1.82, 2.24) is 0 Å². The summed E-state index contributed by atoms with van der Waals surface area (Å²) in [5.41, 5.74) is 0. The van der Waals surface area contributed by atoms with Crippen LogP contribution in [0.2, 0.25) is 0 Å². The molecule has 0 saturated heterocycles. The number of Topliss-reactive ketones (excluding diaryl/α,β-unsaturated/α-hetero) is 1. The van der Waals surface area contributed by atoms with E-state index >= 15 is 0 Å². The predicted molar refractivity (Wildman–Crippen MR) is 65.2 cm³/mol. The Morgan fingerprint density at radius 1 is 1.41 bits per heavy atom. The van der Waals surface area contributed by atoms with E-state index in [0.29, 0.717) is 19.4 Å². The first-order valence-corrected chi connectivity index (χ1v) is 6.40. The zero-order valence-corrected chi connectivity index (χ0v) is 10.5. The van der Waals surface area contributed by atoms with Crippen LogP contribution in [-0.4, -0.2) is 18.4 Å². The van der Waals surface area contributed by atoms with Crippen molar-refractivity contribution in [1.29, 1.82) is 0 Å². The maximum Gasteiger partial charge on any atom is 0.316 e. The molecular formula is C14H20O3. The van der Waals surface area contributed by atoms with E-state index in [0.717, 1.165) is 32.1 Å². The Balaban J connectivity index is 2.18. The minimum absolute atomic E-state index is 0.0482. The SMILES string of the molecule is CCC#CCCCOC(=O)C1CCCCC1=O. The molecule has 1 rings (SSSR count). The van der Waals surface area contributed by atoms with E-state index in [9.17, 15) is 9.59 Å². The molecule has 1 atom stereocenters. The lowest BCUT2D eigenvalue weighted by Gasteiger charge is -2.18. The molecule has 0 radical (unpaired) electrons. The molecule has 0 bridgehead atoms. The Hall–Kier alpha value is -1.30. The smallest absolute Gasteiger partial charge is 0.316 e. The molecule has 0 aliphatic heterocycles. The van der Waals surface area contributed by atoms with Crippen LogP contribution in [-0.2, 0) is 14.3 Å². The Morgan fingerprint density at radius 3 is 2.94 bits per heavy atom. The van der Waals surface area contributed by atoms with E-state index in [1.54, 1.807) is 0 Å². The molecule has 3 nitrogen and oxygen atoms in total. The van der Waals surface area contributed by atoms with Gasteiger partial charge in [-0.15, -0.1) is 11.8 Å². The van der Waals surface area contributed by atoms with Crippen LogP contribution in [0.25, 0.3) is 0 Å². The summed E-state index contributed by atoms with van der Waals surface area (Å²) in [6.07, 6.45) is 5.41. The van der Waals surface area contributed by atoms with Gasteiger partial charge in [0.05, 0.1) is 6.61 Å². The maximum absolute atomic E-state index is 11.6. The quantitative estimate of drug-likeness (QED) is 0.326. The molecule has 1 aliphatic carbocycles. The number of esters is 1. The van der Waals surface area contributed by atoms with Crippen LogP contribution < -0.4 is 0 Å². The number of unbranched alkanes of at least 4 members (excludes halogenated alkanes) is 1. The van der Waals surface area contributed by atoms with Crippen molar-refractivity contribution in [3.05, 3.63) is 0 Å². The maximum atomic E-state index is 11.6. The molecule has 0 amide bonds. The molecule has 1 fully saturated rings. The van der Waals surface area contributed by atoms with Gasteiger partial charge in [-0.05, 0) is 19.3 Å². The van der Waals surface area contributed by atoms with Crippen molar-refractivity contribution in [3.63, 3.8) is 0 Å². The summed E-state index contributed by atoms with van der Waals surface area (Å²) >= 11 is 0. The fourth-order valence-electron chi connectivity index (χ4n) is 1.88. The van der Waals surface area contributed by atoms with E-state index in [2.05, 4.69) is 11.8 Å². The largest absolute Gasteiger partial charge is 0.465 e. The van der Waals surface area contributed by atoms with E-state index in [1.807, 2.05) is 6.92 Å². The molecule has 3 heteroatoms. The highest BCUT2D eigenvalue weighted by molar-refractivity contribution is 5.99. The lowest BCUT2D eigenvalue weighted by Crippen LogP contribution is -2.29. The Labute approximate surface area is 103 Å². The number of ether oxygens (including phenoxy) is 1. The van der Waals surface area contributed by atoms with Crippen LogP contribution in [0.4, 0.5) is 0 Å². The van der Waals surface area contributed by atoms with Gasteiger partial charge in [0.25, 0.3) is 0 Å². The number of hydrogen-bond acceptors (Lipinski definition) is 3. The summed E-state index contributed by atoms with van der Waals surface area (Å²) in [6, 6.07) is 0. The van der Waals surface area contributed by atoms with E-state index in [-0.39, 0.29) is 11.8 Å². The summed E-state index contributed by atoms with van der Waals surface area (Å²) in [7, 11) is 0. The van der Waals surface area contributed by atoms with Gasteiger partial charge in [-0.3, -0.25) is 9.59 Å². The lowest BCUT2D eigenvalue weighted by atomic mass is 9.88. The van der Waals surface area contributed by atoms with Gasteiger partial charge in [0, 0.05) is 19.3 Å². The zero-order chi connectivity index (χ0) is 12.5. The highest BCUT2D eigenvalue weighted by Crippen LogP contribution is 2.21. The van der Waals surface area contributed by atoms with Gasteiger partial charge in [0.15, 0.2) is 0 Å². The van der Waals surface area contributed by atoms with Crippen LogP contribution in [0, 0.1) is 17.8 Å². The second-order valence-corrected chi connectivity index (χ2v) is 4.24. The van der Waals surface area contributed by atoms with Crippen molar-refractivity contribution >= 4 is 11.8 Å². The van der Waals surface area contributed by atoms with Crippen molar-refractivity contribution in [3.8, 4) is 11.8 Å². The average Bonchev–Trinajstić information content (AvgIpc) is 2.34. The summed E-state index contributed by atoms with van der Waals surface area (Å²) in [5.74, 6) is 5.17. The molecule has 0 aromatic carbocycles. The first-order chi connectivity index (χ1) is 8.25. The normalized spacial score (nSPS) is 19.4. The first kappa shape index (κ1) is 13.8. The van der Waals surface area contributed by atoms with Crippen LogP contribution in [0.5, 0.6) is 0 Å². The number of hydrogen-bond donors (Lipinski definition) is 0. The molecule has 17 heavy (non-hydrogen) atoms. The zero-order valence-electron chi connectivity index (χ0n) is 10.5. The van der Waals surface area contributed by atoms with E-state index < -0.39 is 5.92 Å². The van der Waals surface area contributed by atoms with Crippen molar-refractivity contribution < 1.29 is 14.3 Å². The predicted octanol–water partition coefficient (Wildman–Crippen LogP) is 2.48. The molecule has 1 aliphatic rings. The average molecular weight is 236 g/mol. The minimum atomic E-state index is -0.495. The topological polar surface area (TPSA) is 43.4 Å². The number of ketones is 1. The fourth-order valence-corrected chi connectivity index (χ4v) is 1.88. The van der Waals surface area contributed by atoms with Gasteiger partial charge >= 0.3 is 5.97 Å². The van der Waals surface area contributed by atoms with Gasteiger partial charge in [-0.1, -0.05) is 13.3 Å². The molecule has 94 valence electrons. The van der Waals surface area contributed by atoms with E-state index in [1.165, 1.54) is 0 Å². The van der Waals surface area contributed by atoms with Crippen LogP contribution in [0.3, 0.4) is 0 Å². The third-order valence-corrected chi connectivity index (χ3v) is 2.83. The van der Waals surface area contributed by atoms with E-state index in [4.69, 9.17) is 4.74 Å². The molecule has 0 spiro atoms. The Morgan fingerprint density at radius 2 is 2.24 bits per heavy atom.